The van der Waals surface area contributed by atoms with Crippen molar-refractivity contribution in [3.05, 3.63) is 36.9 Å². The number of furan rings is 1. The van der Waals surface area contributed by atoms with Crippen LogP contribution in [-0.2, 0) is 4.79 Å². The predicted octanol–water partition coefficient (Wildman–Crippen LogP) is 1.96. The lowest BCUT2D eigenvalue weighted by atomic mass is 10.3. The Hall–Kier alpha value is -2.87. The van der Waals surface area contributed by atoms with Crippen LogP contribution in [0.15, 0.2) is 45.8 Å². The number of amides is 1. The molecule has 1 aliphatic heterocycles. The van der Waals surface area contributed by atoms with Crippen LogP contribution in [0.1, 0.15) is 12.5 Å². The molecule has 0 saturated carbocycles. The third-order valence-corrected chi connectivity index (χ3v) is 3.89. The van der Waals surface area contributed by atoms with Gasteiger partial charge in [-0.25, -0.2) is 0 Å². The summed E-state index contributed by atoms with van der Waals surface area (Å²) in [7, 11) is 0. The van der Waals surface area contributed by atoms with Crippen molar-refractivity contribution >= 4 is 17.9 Å². The van der Waals surface area contributed by atoms with Crippen LogP contribution in [0, 0.1) is 0 Å². The largest absolute Gasteiger partial charge is 0.461 e. The molecule has 0 radical (unpaired) electrons. The first-order valence-electron chi connectivity index (χ1n) is 7.35. The molecular weight excluding hydrogens is 298 g/mol. The van der Waals surface area contributed by atoms with Gasteiger partial charge in [0.15, 0.2) is 11.6 Å². The van der Waals surface area contributed by atoms with E-state index in [1.54, 1.807) is 30.7 Å². The Kier molecular flexibility index (Phi) is 3.43. The van der Waals surface area contributed by atoms with E-state index in [0.29, 0.717) is 35.5 Å². The lowest BCUT2D eigenvalue weighted by molar-refractivity contribution is -0.106. The zero-order valence-corrected chi connectivity index (χ0v) is 12.3. The normalized spacial score (nSPS) is 17.5. The molecular formula is C15H15N5O3. The van der Waals surface area contributed by atoms with Crippen LogP contribution >= 0.6 is 0 Å². The second kappa shape index (κ2) is 5.73. The van der Waals surface area contributed by atoms with Gasteiger partial charge in [-0.3, -0.25) is 14.4 Å². The van der Waals surface area contributed by atoms with E-state index in [9.17, 15) is 4.79 Å². The molecule has 1 fully saturated rings. The van der Waals surface area contributed by atoms with Crippen molar-refractivity contribution in [1.82, 2.24) is 20.3 Å². The maximum Gasteiger partial charge on any atom is 0.220 e. The van der Waals surface area contributed by atoms with Gasteiger partial charge in [0, 0.05) is 18.8 Å². The van der Waals surface area contributed by atoms with E-state index in [0.717, 1.165) is 19.5 Å². The molecule has 1 amide bonds. The number of nitrogens with one attached hydrogen (secondary N) is 1. The highest BCUT2D eigenvalue weighted by Gasteiger charge is 2.21. The number of aromatic nitrogens is 3. The molecule has 0 bridgehead atoms. The molecule has 1 N–H and O–H groups in total. The van der Waals surface area contributed by atoms with Gasteiger partial charge < -0.3 is 14.3 Å². The Morgan fingerprint density at radius 1 is 1.43 bits per heavy atom. The van der Waals surface area contributed by atoms with Crippen molar-refractivity contribution < 1.29 is 13.7 Å². The number of anilines is 2. The number of hydrogen-bond donors (Lipinski definition) is 1. The van der Waals surface area contributed by atoms with E-state index >= 15 is 0 Å². The highest BCUT2D eigenvalue weighted by Crippen LogP contribution is 2.29. The van der Waals surface area contributed by atoms with Crippen molar-refractivity contribution in [3.63, 3.8) is 0 Å². The van der Waals surface area contributed by atoms with E-state index in [-0.39, 0.29) is 0 Å². The van der Waals surface area contributed by atoms with Crippen molar-refractivity contribution in [3.8, 4) is 11.5 Å². The fourth-order valence-corrected chi connectivity index (χ4v) is 2.68. The number of carbonyl (C=O) groups excluding carboxylic acids is 1. The van der Waals surface area contributed by atoms with Crippen molar-refractivity contribution in [1.29, 1.82) is 0 Å². The minimum atomic E-state index is 0.313. The molecule has 1 aliphatic rings. The molecule has 8 heteroatoms. The molecule has 1 atom stereocenters. The van der Waals surface area contributed by atoms with Crippen LogP contribution in [-0.4, -0.2) is 34.4 Å². The van der Waals surface area contributed by atoms with Gasteiger partial charge in [0.05, 0.1) is 24.2 Å². The fraction of sp³-hybridized carbons (Fsp3) is 0.267. The average molecular weight is 313 g/mol. The predicted molar refractivity (Wildman–Crippen MR) is 81.2 cm³/mol. The Balaban J connectivity index is 1.60. The second-order valence-electron chi connectivity index (χ2n) is 5.33. The second-order valence-corrected chi connectivity index (χ2v) is 5.33. The molecule has 23 heavy (non-hydrogen) atoms. The summed E-state index contributed by atoms with van der Waals surface area (Å²) in [5.41, 5.74) is 0.645. The van der Waals surface area contributed by atoms with E-state index in [1.807, 2.05) is 10.9 Å². The smallest absolute Gasteiger partial charge is 0.220 e. The molecule has 1 unspecified atom stereocenters. The van der Waals surface area contributed by atoms with Gasteiger partial charge in [-0.2, -0.15) is 5.10 Å². The third kappa shape index (κ3) is 2.53. The van der Waals surface area contributed by atoms with E-state index in [2.05, 4.69) is 15.6 Å². The molecule has 118 valence electrons. The van der Waals surface area contributed by atoms with E-state index in [1.165, 1.54) is 4.90 Å². The van der Waals surface area contributed by atoms with Crippen molar-refractivity contribution in [2.24, 2.45) is 0 Å². The van der Waals surface area contributed by atoms with E-state index < -0.39 is 0 Å². The highest BCUT2D eigenvalue weighted by atomic mass is 16.5. The molecule has 0 spiro atoms. The average Bonchev–Trinajstić information content (AvgIpc) is 3.33. The summed E-state index contributed by atoms with van der Waals surface area (Å²) in [6, 6.07) is 5.49. The summed E-state index contributed by atoms with van der Waals surface area (Å²) in [5.74, 6) is 1.40. The first-order valence-corrected chi connectivity index (χ1v) is 7.35. The summed E-state index contributed by atoms with van der Waals surface area (Å²) in [6.07, 6.45) is 6.75. The molecule has 8 nitrogen and oxygen atoms in total. The standard InChI is InChI=1S/C15H15N5O3/c21-10-19(12-8-17-20(9-12)11-3-4-16-7-11)15-6-14(23-18-15)13-2-1-5-22-13/h1-2,5-6,8-11,16H,3-4,7H2. The zero-order chi connectivity index (χ0) is 15.6. The molecule has 3 aromatic heterocycles. The van der Waals surface area contributed by atoms with Crippen LogP contribution in [0.3, 0.4) is 0 Å². The lowest BCUT2D eigenvalue weighted by Gasteiger charge is -2.11. The maximum atomic E-state index is 11.5. The molecule has 0 aromatic carbocycles. The van der Waals surface area contributed by atoms with Gasteiger partial charge in [-0.15, -0.1) is 0 Å². The van der Waals surface area contributed by atoms with Crippen molar-refractivity contribution in [2.45, 2.75) is 12.5 Å². The molecule has 4 rings (SSSR count). The number of hydrogen-bond acceptors (Lipinski definition) is 6. The third-order valence-electron chi connectivity index (χ3n) is 3.89. The van der Waals surface area contributed by atoms with Gasteiger partial charge in [-0.1, -0.05) is 5.16 Å². The SMILES string of the molecule is O=CN(c1cnn(C2CCNC2)c1)c1cc(-c2ccco2)on1. The van der Waals surface area contributed by atoms with Crippen LogP contribution in [0.25, 0.3) is 11.5 Å². The first kappa shape index (κ1) is 13.8. The van der Waals surface area contributed by atoms with Crippen LogP contribution in [0.5, 0.6) is 0 Å². The molecule has 1 saturated heterocycles. The molecule has 3 aromatic rings. The summed E-state index contributed by atoms with van der Waals surface area (Å²) >= 11 is 0. The summed E-state index contributed by atoms with van der Waals surface area (Å²) in [5, 5.41) is 11.6. The highest BCUT2D eigenvalue weighted by molar-refractivity contribution is 5.84. The van der Waals surface area contributed by atoms with Gasteiger partial charge in [0.25, 0.3) is 0 Å². The van der Waals surface area contributed by atoms with Crippen molar-refractivity contribution in [2.75, 3.05) is 18.0 Å². The zero-order valence-electron chi connectivity index (χ0n) is 12.3. The lowest BCUT2D eigenvalue weighted by Crippen LogP contribution is -2.15. The van der Waals surface area contributed by atoms with Gasteiger partial charge in [-0.05, 0) is 25.1 Å². The number of rotatable bonds is 5. The minimum Gasteiger partial charge on any atom is -0.461 e. The van der Waals surface area contributed by atoms with Gasteiger partial charge >= 0.3 is 0 Å². The molecule has 4 heterocycles. The fourth-order valence-electron chi connectivity index (χ4n) is 2.68. The van der Waals surface area contributed by atoms with Crippen LogP contribution in [0.4, 0.5) is 11.5 Å². The minimum absolute atomic E-state index is 0.313. The Bertz CT molecular complexity index is 786. The Labute approximate surface area is 131 Å². The van der Waals surface area contributed by atoms with Crippen LogP contribution in [0.2, 0.25) is 0 Å². The summed E-state index contributed by atoms with van der Waals surface area (Å²) in [6.45, 7) is 1.86. The van der Waals surface area contributed by atoms with Gasteiger partial charge in [0.2, 0.25) is 12.2 Å². The monoisotopic (exact) mass is 313 g/mol. The number of nitrogens with zero attached hydrogens (tertiary/aromatic N) is 4. The summed E-state index contributed by atoms with van der Waals surface area (Å²) < 4.78 is 12.4. The quantitative estimate of drug-likeness (QED) is 0.724. The Morgan fingerprint density at radius 3 is 3.13 bits per heavy atom. The van der Waals surface area contributed by atoms with Gasteiger partial charge in [0.1, 0.15) is 0 Å². The topological polar surface area (TPSA) is 89.3 Å². The van der Waals surface area contributed by atoms with Crippen LogP contribution < -0.4 is 10.2 Å². The first-order chi connectivity index (χ1) is 11.3. The Morgan fingerprint density at radius 2 is 2.39 bits per heavy atom. The number of carbonyl (C=O) groups is 1. The molecule has 0 aliphatic carbocycles. The maximum absolute atomic E-state index is 11.5. The van der Waals surface area contributed by atoms with E-state index in [4.69, 9.17) is 8.94 Å². The summed E-state index contributed by atoms with van der Waals surface area (Å²) in [4.78, 5) is 12.9.